The van der Waals surface area contributed by atoms with E-state index in [1.807, 2.05) is 19.9 Å². The molecule has 4 aliphatic heterocycles. The number of rotatable bonds is 12. The summed E-state index contributed by atoms with van der Waals surface area (Å²) in [7, 11) is 3.09. The summed E-state index contributed by atoms with van der Waals surface area (Å²) in [5.41, 5.74) is 1.93. The first-order valence-electron chi connectivity index (χ1n) is 23.1. The van der Waals surface area contributed by atoms with Crippen molar-refractivity contribution in [2.75, 3.05) is 20.8 Å². The molecule has 0 radical (unpaired) electrons. The summed E-state index contributed by atoms with van der Waals surface area (Å²) in [6.45, 7) is 8.91. The van der Waals surface area contributed by atoms with Gasteiger partial charge in [0, 0.05) is 50.9 Å². The van der Waals surface area contributed by atoms with E-state index in [1.54, 1.807) is 27.2 Å². The maximum atomic E-state index is 13.9. The molecule has 4 saturated heterocycles. The maximum Gasteiger partial charge on any atom is 0.187 e. The molecule has 0 amide bonds. The minimum Gasteiger partial charge on any atom is -0.469 e. The Hall–Kier alpha value is -1.95. The molecule has 1 aromatic rings. The molecule has 0 unspecified atom stereocenters. The summed E-state index contributed by atoms with van der Waals surface area (Å²) < 4.78 is 66.8. The standard InChI is InChI=1S/C46H70O18/c1-20-25(12-13-56-20)26-10-11-28-27(38(26)50)9-8-24-14-31(30(49)18-46(24,28)5)60-36-16-32(54-6)43(22(3)58-36)63-35-15-29(48)42(21(2)57-35)62-37-17-33(55-7)44(23(4)59-37)64-45-41(53)40(52)39(51)34(19-47)61-45/h8,12-13,21-23,26-37,39-45,47-49,51-53H,9-11,14-19H2,1-7H3/t21-,22+,23+,26-,27-,28+,29+,30-,31-,32-,33-,34-,35+,36-,37+,39-,40+,41-,42-,43+,44+,45+,46+/m1/s1. The van der Waals surface area contributed by atoms with Gasteiger partial charge in [0.05, 0.1) is 61.7 Å². The fraction of sp³-hybridized carbons (Fsp3) is 0.848. The summed E-state index contributed by atoms with van der Waals surface area (Å²) in [4.78, 5) is 13.9. The van der Waals surface area contributed by atoms with Crippen molar-refractivity contribution in [1.82, 2.24) is 0 Å². The molecule has 18 nitrogen and oxygen atoms in total. The number of aryl methyl sites for hydroxylation is 1. The van der Waals surface area contributed by atoms with Gasteiger partial charge in [0.15, 0.2) is 25.2 Å². The number of carbonyl (C=O) groups is 1. The van der Waals surface area contributed by atoms with Gasteiger partial charge in [-0.1, -0.05) is 18.6 Å². The predicted octanol–water partition coefficient (Wildman–Crippen LogP) is 1.89. The van der Waals surface area contributed by atoms with Crippen molar-refractivity contribution in [3.63, 3.8) is 0 Å². The number of hydrogen-bond donors (Lipinski definition) is 6. The van der Waals surface area contributed by atoms with E-state index in [4.69, 9.17) is 51.8 Å². The number of Topliss-reactive ketones (excluding diaryl/α,β-unsaturated/α-hetero) is 1. The van der Waals surface area contributed by atoms with E-state index in [2.05, 4.69) is 13.0 Å². The molecule has 3 aliphatic carbocycles. The molecule has 0 spiro atoms. The molecule has 7 aliphatic rings. The van der Waals surface area contributed by atoms with Crippen LogP contribution in [0, 0.1) is 24.2 Å². The Kier molecular flexibility index (Phi) is 15.1. The van der Waals surface area contributed by atoms with E-state index in [1.165, 1.54) is 12.7 Å². The first-order chi connectivity index (χ1) is 30.5. The molecule has 0 bridgehead atoms. The van der Waals surface area contributed by atoms with Crippen LogP contribution in [0.1, 0.15) is 96.3 Å². The second-order valence-electron chi connectivity index (χ2n) is 19.3. The SMILES string of the molecule is CO[C@@H]1C[C@@H](O[C@@H]2CC3=CC[C@H]4C(=O)[C@@H](c5ccoc5C)CC[C@@H]4[C@@]3(C)C[C@H]2O)O[C@@H](C)[C@@H]1O[C@H]1C[C@H](O)[C@H](O[C@H]2C[C@@H](OC)[C@@H](O[C@@H]3O[C@H](CO)[C@@H](O)[C@H](O)[C@H]3O)[C@H](C)O2)[C@@H](C)O1. The third kappa shape index (κ3) is 9.43. The number of ketones is 1. The Morgan fingerprint density at radius 1 is 0.734 bits per heavy atom. The first-order valence-corrected chi connectivity index (χ1v) is 23.1. The second kappa shape index (κ2) is 19.9. The average Bonchev–Trinajstić information content (AvgIpc) is 3.69. The highest BCUT2D eigenvalue weighted by Crippen LogP contribution is 2.58. The van der Waals surface area contributed by atoms with E-state index in [9.17, 15) is 35.4 Å². The van der Waals surface area contributed by atoms with Gasteiger partial charge in [0.1, 0.15) is 54.3 Å². The zero-order valence-electron chi connectivity index (χ0n) is 37.9. The molecule has 2 saturated carbocycles. The van der Waals surface area contributed by atoms with Gasteiger partial charge in [-0.2, -0.15) is 0 Å². The van der Waals surface area contributed by atoms with Gasteiger partial charge < -0.3 is 82.4 Å². The van der Waals surface area contributed by atoms with Crippen LogP contribution in [-0.2, 0) is 52.2 Å². The zero-order chi connectivity index (χ0) is 45.8. The van der Waals surface area contributed by atoms with Gasteiger partial charge in [0.25, 0.3) is 0 Å². The minimum atomic E-state index is -1.60. The number of carbonyl (C=O) groups excluding carboxylic acids is 1. The molecule has 6 N–H and O–H groups in total. The molecule has 362 valence electrons. The van der Waals surface area contributed by atoms with Crippen LogP contribution in [0.25, 0.3) is 0 Å². The van der Waals surface area contributed by atoms with Gasteiger partial charge in [-0.25, -0.2) is 0 Å². The van der Waals surface area contributed by atoms with Crippen LogP contribution in [0.3, 0.4) is 0 Å². The Labute approximate surface area is 374 Å². The van der Waals surface area contributed by atoms with E-state index in [0.29, 0.717) is 25.7 Å². The van der Waals surface area contributed by atoms with Gasteiger partial charge in [0.2, 0.25) is 0 Å². The van der Waals surface area contributed by atoms with Crippen LogP contribution in [0.4, 0.5) is 0 Å². The maximum absolute atomic E-state index is 13.9. The van der Waals surface area contributed by atoms with Crippen LogP contribution >= 0.6 is 0 Å². The molecule has 1 aromatic heterocycles. The molecule has 18 heteroatoms. The molecule has 23 atom stereocenters. The molecule has 5 heterocycles. The van der Waals surface area contributed by atoms with Gasteiger partial charge in [-0.15, -0.1) is 0 Å². The number of hydrogen-bond acceptors (Lipinski definition) is 18. The number of methoxy groups -OCH3 is 2. The first kappa shape index (κ1) is 48.5. The van der Waals surface area contributed by atoms with Crippen molar-refractivity contribution in [1.29, 1.82) is 0 Å². The van der Waals surface area contributed by atoms with Crippen LogP contribution < -0.4 is 0 Å². The Morgan fingerprint density at radius 2 is 1.34 bits per heavy atom. The summed E-state index contributed by atoms with van der Waals surface area (Å²) >= 11 is 0. The molecular weight excluding hydrogens is 840 g/mol. The normalized spacial score (nSPS) is 48.9. The third-order valence-corrected chi connectivity index (χ3v) is 15.5. The van der Waals surface area contributed by atoms with Crippen LogP contribution in [-0.4, -0.2) is 174 Å². The van der Waals surface area contributed by atoms with Crippen molar-refractivity contribution in [3.05, 3.63) is 35.3 Å². The highest BCUT2D eigenvalue weighted by molar-refractivity contribution is 5.89. The second-order valence-corrected chi connectivity index (χ2v) is 19.3. The van der Waals surface area contributed by atoms with Gasteiger partial charge in [-0.05, 0) is 77.2 Å². The monoisotopic (exact) mass is 910 g/mol. The highest BCUT2D eigenvalue weighted by atomic mass is 16.8. The quantitative estimate of drug-likeness (QED) is 0.164. The largest absolute Gasteiger partial charge is 0.469 e. The van der Waals surface area contributed by atoms with Crippen molar-refractivity contribution < 1.29 is 87.2 Å². The van der Waals surface area contributed by atoms with Crippen molar-refractivity contribution in [3.8, 4) is 0 Å². The molecule has 6 fully saturated rings. The molecular formula is C46H70O18. The Morgan fingerprint density at radius 3 is 1.95 bits per heavy atom. The number of aliphatic hydroxyl groups is 6. The summed E-state index contributed by atoms with van der Waals surface area (Å²) in [5, 5.41) is 63.5. The molecule has 8 rings (SSSR count). The van der Waals surface area contributed by atoms with Crippen LogP contribution in [0.15, 0.2) is 28.4 Å². The number of allylic oxidation sites excluding steroid dienone is 1. The minimum absolute atomic E-state index is 0.0886. The van der Waals surface area contributed by atoms with E-state index >= 15 is 0 Å². The fourth-order valence-electron chi connectivity index (χ4n) is 11.9. The van der Waals surface area contributed by atoms with E-state index < -0.39 is 123 Å². The number of furan rings is 1. The number of ether oxygens (including phenoxy) is 10. The highest BCUT2D eigenvalue weighted by Gasteiger charge is 2.55. The lowest BCUT2D eigenvalue weighted by atomic mass is 9.51. The smallest absolute Gasteiger partial charge is 0.187 e. The van der Waals surface area contributed by atoms with E-state index in [0.717, 1.165) is 24.2 Å². The van der Waals surface area contributed by atoms with Crippen LogP contribution in [0.5, 0.6) is 0 Å². The lowest BCUT2D eigenvalue weighted by Gasteiger charge is -2.54. The van der Waals surface area contributed by atoms with Crippen molar-refractivity contribution in [2.24, 2.45) is 17.3 Å². The summed E-state index contributed by atoms with van der Waals surface area (Å²) in [5.74, 6) is 1.00. The molecule has 0 aromatic carbocycles. The topological polar surface area (TPSA) is 244 Å². The lowest BCUT2D eigenvalue weighted by molar-refractivity contribution is -0.356. The van der Waals surface area contributed by atoms with Gasteiger partial charge >= 0.3 is 0 Å². The average molecular weight is 911 g/mol. The Bertz CT molecular complexity index is 1740. The van der Waals surface area contributed by atoms with Crippen molar-refractivity contribution in [2.45, 2.75) is 209 Å². The Balaban J connectivity index is 0.823. The third-order valence-electron chi connectivity index (χ3n) is 15.5. The van der Waals surface area contributed by atoms with Gasteiger partial charge in [-0.3, -0.25) is 4.79 Å². The number of fused-ring (bicyclic) bond motifs is 3. The van der Waals surface area contributed by atoms with E-state index in [-0.39, 0.29) is 41.8 Å². The zero-order valence-corrected chi connectivity index (χ0v) is 37.9. The number of aliphatic hydroxyl groups excluding tert-OH is 6. The van der Waals surface area contributed by atoms with Crippen LogP contribution in [0.2, 0.25) is 0 Å². The van der Waals surface area contributed by atoms with Crippen molar-refractivity contribution >= 4 is 5.78 Å². The summed E-state index contributed by atoms with van der Waals surface area (Å²) in [6, 6.07) is 1.93. The fourth-order valence-corrected chi connectivity index (χ4v) is 11.9. The summed E-state index contributed by atoms with van der Waals surface area (Å²) in [6.07, 6.45) is -8.82. The predicted molar refractivity (Wildman–Crippen MR) is 221 cm³/mol. The molecule has 64 heavy (non-hydrogen) atoms. The lowest BCUT2D eigenvalue weighted by Crippen LogP contribution is -2.62.